The fourth-order valence-corrected chi connectivity index (χ4v) is 5.55. The van der Waals surface area contributed by atoms with Gasteiger partial charge in [0.1, 0.15) is 5.69 Å². The molecule has 0 N–H and O–H groups in total. The summed E-state index contributed by atoms with van der Waals surface area (Å²) in [5, 5.41) is 4.63. The molecule has 1 atom stereocenters. The standard InChI is InChI=1S/C25H33N5O2/c1-28-23(20-9-3-4-10-22(20)27-28)25(32)30-15-7-8-19(17-30)21-12-11-18(16-26-21)24(31)29-13-5-2-6-14-29/h11-12,16,19H,2-10,13-15,17H2,1H3/t19-/m1/s1. The molecule has 2 aliphatic heterocycles. The van der Waals surface area contributed by atoms with Gasteiger partial charge in [-0.15, -0.1) is 0 Å². The van der Waals surface area contributed by atoms with Gasteiger partial charge in [-0.1, -0.05) is 0 Å². The molecule has 170 valence electrons. The maximum Gasteiger partial charge on any atom is 0.272 e. The van der Waals surface area contributed by atoms with Crippen molar-refractivity contribution in [3.8, 4) is 0 Å². The zero-order valence-electron chi connectivity index (χ0n) is 19.1. The van der Waals surface area contributed by atoms with E-state index in [-0.39, 0.29) is 17.7 Å². The Balaban J connectivity index is 1.28. The summed E-state index contributed by atoms with van der Waals surface area (Å²) < 4.78 is 1.79. The van der Waals surface area contributed by atoms with Crippen LogP contribution in [0.2, 0.25) is 0 Å². The van der Waals surface area contributed by atoms with Gasteiger partial charge >= 0.3 is 0 Å². The second kappa shape index (κ2) is 9.04. The van der Waals surface area contributed by atoms with Crippen LogP contribution in [0.15, 0.2) is 18.3 Å². The van der Waals surface area contributed by atoms with E-state index >= 15 is 0 Å². The highest BCUT2D eigenvalue weighted by Crippen LogP contribution is 2.29. The van der Waals surface area contributed by atoms with E-state index in [1.807, 2.05) is 29.0 Å². The minimum absolute atomic E-state index is 0.0881. The van der Waals surface area contributed by atoms with Gasteiger partial charge in [-0.2, -0.15) is 5.10 Å². The molecule has 0 bridgehead atoms. The first-order valence-corrected chi connectivity index (χ1v) is 12.2. The molecule has 2 aromatic rings. The lowest BCUT2D eigenvalue weighted by Crippen LogP contribution is -2.40. The molecule has 3 aliphatic rings. The largest absolute Gasteiger partial charge is 0.339 e. The number of nitrogens with zero attached hydrogens (tertiary/aromatic N) is 5. The third-order valence-corrected chi connectivity index (χ3v) is 7.32. The number of fused-ring (bicyclic) bond motifs is 1. The minimum atomic E-state index is 0.0881. The van der Waals surface area contributed by atoms with Gasteiger partial charge in [0.25, 0.3) is 11.8 Å². The van der Waals surface area contributed by atoms with Crippen LogP contribution in [-0.2, 0) is 19.9 Å². The van der Waals surface area contributed by atoms with E-state index in [9.17, 15) is 9.59 Å². The molecule has 5 rings (SSSR count). The fraction of sp³-hybridized carbons (Fsp3) is 0.600. The third kappa shape index (κ3) is 4.05. The summed E-state index contributed by atoms with van der Waals surface area (Å²) in [5.74, 6) is 0.394. The second-order valence-electron chi connectivity index (χ2n) is 9.52. The number of pyridine rings is 1. The molecular weight excluding hydrogens is 402 g/mol. The highest BCUT2D eigenvalue weighted by atomic mass is 16.2. The van der Waals surface area contributed by atoms with Gasteiger partial charge in [-0.05, 0) is 69.9 Å². The van der Waals surface area contributed by atoms with Crippen LogP contribution < -0.4 is 0 Å². The van der Waals surface area contributed by atoms with Crippen molar-refractivity contribution in [1.29, 1.82) is 0 Å². The molecule has 0 unspecified atom stereocenters. The smallest absolute Gasteiger partial charge is 0.272 e. The summed E-state index contributed by atoms with van der Waals surface area (Å²) in [7, 11) is 1.90. The van der Waals surface area contributed by atoms with Gasteiger partial charge in [0.05, 0.1) is 11.3 Å². The van der Waals surface area contributed by atoms with E-state index in [1.54, 1.807) is 10.9 Å². The third-order valence-electron chi connectivity index (χ3n) is 7.32. The van der Waals surface area contributed by atoms with E-state index in [4.69, 9.17) is 0 Å². The van der Waals surface area contributed by atoms with Gasteiger partial charge in [0.2, 0.25) is 0 Å². The lowest BCUT2D eigenvalue weighted by molar-refractivity contribution is 0.0693. The van der Waals surface area contributed by atoms with Crippen molar-refractivity contribution < 1.29 is 9.59 Å². The molecule has 7 heteroatoms. The normalized spacial score (nSPS) is 21.3. The first kappa shape index (κ1) is 21.2. The summed E-state index contributed by atoms with van der Waals surface area (Å²) in [6.45, 7) is 3.14. The molecule has 2 aromatic heterocycles. The van der Waals surface area contributed by atoms with E-state index in [1.165, 1.54) is 6.42 Å². The van der Waals surface area contributed by atoms with Crippen molar-refractivity contribution in [2.24, 2.45) is 7.05 Å². The lowest BCUT2D eigenvalue weighted by atomic mass is 9.92. The summed E-state index contributed by atoms with van der Waals surface area (Å²) in [4.78, 5) is 34.8. The molecule has 2 fully saturated rings. The summed E-state index contributed by atoms with van der Waals surface area (Å²) in [6.07, 6.45) is 11.3. The number of aryl methyl sites for hydroxylation is 2. The maximum atomic E-state index is 13.4. The van der Waals surface area contributed by atoms with Crippen LogP contribution in [0.4, 0.5) is 0 Å². The monoisotopic (exact) mass is 435 g/mol. The molecule has 0 spiro atoms. The van der Waals surface area contributed by atoms with Crippen LogP contribution >= 0.6 is 0 Å². The first-order valence-electron chi connectivity index (χ1n) is 12.2. The molecule has 4 heterocycles. The molecule has 2 saturated heterocycles. The number of amides is 2. The SMILES string of the molecule is Cn1nc2c(c1C(=O)N1CCC[C@@H](c3ccc(C(=O)N4CCCCC4)cn3)C1)CCCC2. The van der Waals surface area contributed by atoms with Crippen LogP contribution in [0.5, 0.6) is 0 Å². The van der Waals surface area contributed by atoms with Crippen molar-refractivity contribution in [3.05, 3.63) is 46.5 Å². The second-order valence-corrected chi connectivity index (χ2v) is 9.52. The Morgan fingerprint density at radius 3 is 2.47 bits per heavy atom. The number of aromatic nitrogens is 3. The summed E-state index contributed by atoms with van der Waals surface area (Å²) in [5.41, 5.74) is 4.68. The van der Waals surface area contributed by atoms with Gasteiger partial charge < -0.3 is 9.80 Å². The average molecular weight is 436 g/mol. The number of hydrogen-bond donors (Lipinski definition) is 0. The quantitative estimate of drug-likeness (QED) is 0.741. The summed E-state index contributed by atoms with van der Waals surface area (Å²) in [6, 6.07) is 3.90. The Hall–Kier alpha value is -2.70. The van der Waals surface area contributed by atoms with E-state index in [0.717, 1.165) is 93.6 Å². The molecule has 7 nitrogen and oxygen atoms in total. The average Bonchev–Trinajstić information content (AvgIpc) is 3.19. The van der Waals surface area contributed by atoms with Gasteiger partial charge in [0.15, 0.2) is 0 Å². The van der Waals surface area contributed by atoms with Crippen molar-refractivity contribution in [1.82, 2.24) is 24.6 Å². The maximum absolute atomic E-state index is 13.4. The number of rotatable bonds is 3. The van der Waals surface area contributed by atoms with Crippen molar-refractivity contribution in [2.75, 3.05) is 26.2 Å². The number of carbonyl (C=O) groups excluding carboxylic acids is 2. The van der Waals surface area contributed by atoms with Crippen LogP contribution in [-0.4, -0.2) is 62.6 Å². The molecule has 32 heavy (non-hydrogen) atoms. The Morgan fingerprint density at radius 2 is 1.69 bits per heavy atom. The molecule has 2 amide bonds. The number of carbonyl (C=O) groups is 2. The lowest BCUT2D eigenvalue weighted by Gasteiger charge is -2.33. The highest BCUT2D eigenvalue weighted by Gasteiger charge is 2.31. The number of hydrogen-bond acceptors (Lipinski definition) is 4. The molecule has 0 saturated carbocycles. The van der Waals surface area contributed by atoms with Crippen molar-refractivity contribution in [2.45, 2.75) is 63.7 Å². The first-order chi connectivity index (χ1) is 15.6. The van der Waals surface area contributed by atoms with Crippen molar-refractivity contribution >= 4 is 11.8 Å². The minimum Gasteiger partial charge on any atom is -0.339 e. The fourth-order valence-electron chi connectivity index (χ4n) is 5.55. The zero-order chi connectivity index (χ0) is 22.1. The predicted molar refractivity (Wildman–Crippen MR) is 122 cm³/mol. The zero-order valence-corrected chi connectivity index (χ0v) is 19.1. The Bertz CT molecular complexity index is 991. The Morgan fingerprint density at radius 1 is 0.906 bits per heavy atom. The Labute approximate surface area is 189 Å². The van der Waals surface area contributed by atoms with Crippen LogP contribution in [0.3, 0.4) is 0 Å². The predicted octanol–water partition coefficient (Wildman–Crippen LogP) is 3.34. The number of likely N-dealkylation sites (tertiary alicyclic amines) is 2. The molecular formula is C25H33N5O2. The van der Waals surface area contributed by atoms with Gasteiger partial charge in [0, 0.05) is 56.6 Å². The Kier molecular flexibility index (Phi) is 5.98. The molecule has 0 radical (unpaired) electrons. The van der Waals surface area contributed by atoms with Crippen LogP contribution in [0, 0.1) is 0 Å². The van der Waals surface area contributed by atoms with Crippen LogP contribution in [0.25, 0.3) is 0 Å². The van der Waals surface area contributed by atoms with E-state index < -0.39 is 0 Å². The molecule has 0 aromatic carbocycles. The van der Waals surface area contributed by atoms with E-state index in [2.05, 4.69) is 10.1 Å². The van der Waals surface area contributed by atoms with Gasteiger partial charge in [-0.3, -0.25) is 19.3 Å². The topological polar surface area (TPSA) is 71.3 Å². The van der Waals surface area contributed by atoms with E-state index in [0.29, 0.717) is 12.1 Å². The van der Waals surface area contributed by atoms with Crippen molar-refractivity contribution in [3.63, 3.8) is 0 Å². The van der Waals surface area contributed by atoms with Crippen LogP contribution in [0.1, 0.15) is 88.7 Å². The molecule has 1 aliphatic carbocycles. The summed E-state index contributed by atoms with van der Waals surface area (Å²) >= 11 is 0. The number of piperidine rings is 2. The highest BCUT2D eigenvalue weighted by molar-refractivity contribution is 5.95. The van der Waals surface area contributed by atoms with Gasteiger partial charge in [-0.25, -0.2) is 0 Å².